The Morgan fingerprint density at radius 3 is 2.53 bits per heavy atom. The minimum Gasteiger partial charge on any atom is -0.462 e. The van der Waals surface area contributed by atoms with Crippen LogP contribution in [0.15, 0.2) is 24.8 Å². The zero-order chi connectivity index (χ0) is 14.7. The molecule has 1 atom stereocenters. The van der Waals surface area contributed by atoms with Crippen LogP contribution < -0.4 is 0 Å². The predicted octanol–water partition coefficient (Wildman–Crippen LogP) is 0.602. The van der Waals surface area contributed by atoms with Gasteiger partial charge in [0.2, 0.25) is 0 Å². The van der Waals surface area contributed by atoms with E-state index in [4.69, 9.17) is 9.84 Å². The van der Waals surface area contributed by atoms with E-state index in [9.17, 15) is 9.59 Å². The number of aliphatic hydroxyl groups is 1. The number of aliphatic hydroxyl groups excluding tert-OH is 1. The highest BCUT2D eigenvalue weighted by molar-refractivity contribution is 5.86. The molecule has 0 spiro atoms. The minimum absolute atomic E-state index is 0.0451. The topological polar surface area (TPSA) is 85.4 Å². The Morgan fingerprint density at radius 2 is 2.11 bits per heavy atom. The molecule has 108 valence electrons. The van der Waals surface area contributed by atoms with Gasteiger partial charge in [-0.15, -0.1) is 0 Å². The van der Waals surface area contributed by atoms with Gasteiger partial charge in [0, 0.05) is 24.7 Å². The van der Waals surface area contributed by atoms with Gasteiger partial charge >= 0.3 is 11.9 Å². The van der Waals surface area contributed by atoms with Crippen molar-refractivity contribution in [3.05, 3.63) is 24.8 Å². The minimum atomic E-state index is -0.395. The largest absolute Gasteiger partial charge is 0.462 e. The van der Waals surface area contributed by atoms with E-state index < -0.39 is 5.97 Å². The van der Waals surface area contributed by atoms with E-state index in [1.54, 1.807) is 6.92 Å². The SMILES string of the molecule is C=C(C)C(=O)OCCCO.C=CC(=O)OCC1CO1. The third-order valence-corrected chi connectivity index (χ3v) is 1.86. The summed E-state index contributed by atoms with van der Waals surface area (Å²) in [5, 5.41) is 8.30. The van der Waals surface area contributed by atoms with Gasteiger partial charge in [0.25, 0.3) is 0 Å². The van der Waals surface area contributed by atoms with Gasteiger partial charge in [-0.3, -0.25) is 0 Å². The standard InChI is InChI=1S/C7H12O3.C6H8O3/c1-6(2)7(9)10-5-3-4-8;1-2-6(7)9-4-5-3-8-5/h8H,1,3-5H2,2H3;2,5H,1,3-4H2. The summed E-state index contributed by atoms with van der Waals surface area (Å²) in [5.41, 5.74) is 0.387. The van der Waals surface area contributed by atoms with Crippen LogP contribution in [0.4, 0.5) is 0 Å². The number of carbonyl (C=O) groups is 2. The zero-order valence-corrected chi connectivity index (χ0v) is 11.1. The molecule has 1 aliphatic rings. The first kappa shape index (κ1) is 17.3. The summed E-state index contributed by atoms with van der Waals surface area (Å²) in [4.78, 5) is 21.0. The molecule has 0 bridgehead atoms. The maximum absolute atomic E-state index is 10.6. The summed E-state index contributed by atoms with van der Waals surface area (Å²) < 4.78 is 14.1. The van der Waals surface area contributed by atoms with Crippen LogP contribution in [0.3, 0.4) is 0 Å². The lowest BCUT2D eigenvalue weighted by Gasteiger charge is -2.00. The van der Waals surface area contributed by atoms with Crippen LogP contribution in [0.2, 0.25) is 0 Å². The molecular weight excluding hydrogens is 252 g/mol. The fraction of sp³-hybridized carbons (Fsp3) is 0.538. The van der Waals surface area contributed by atoms with Crippen molar-refractivity contribution in [1.29, 1.82) is 0 Å². The second-order valence-corrected chi connectivity index (χ2v) is 3.78. The molecule has 0 aromatic carbocycles. The number of hydrogen-bond donors (Lipinski definition) is 1. The van der Waals surface area contributed by atoms with Gasteiger partial charge in [-0.1, -0.05) is 13.2 Å². The van der Waals surface area contributed by atoms with Gasteiger partial charge in [-0.05, 0) is 6.92 Å². The fourth-order valence-electron chi connectivity index (χ4n) is 0.751. The fourth-order valence-corrected chi connectivity index (χ4v) is 0.751. The van der Waals surface area contributed by atoms with Gasteiger partial charge in [0.1, 0.15) is 12.7 Å². The molecule has 0 saturated carbocycles. The maximum atomic E-state index is 10.6. The smallest absolute Gasteiger partial charge is 0.333 e. The lowest BCUT2D eigenvalue weighted by atomic mass is 10.4. The molecule has 0 aromatic heterocycles. The molecule has 1 rings (SSSR count). The van der Waals surface area contributed by atoms with E-state index >= 15 is 0 Å². The van der Waals surface area contributed by atoms with E-state index in [2.05, 4.69) is 22.6 Å². The number of esters is 2. The average molecular weight is 272 g/mol. The second-order valence-electron chi connectivity index (χ2n) is 3.78. The van der Waals surface area contributed by atoms with Gasteiger partial charge in [-0.2, -0.15) is 0 Å². The third kappa shape index (κ3) is 11.2. The second kappa shape index (κ2) is 10.3. The van der Waals surface area contributed by atoms with Crippen molar-refractivity contribution in [2.75, 3.05) is 26.4 Å². The highest BCUT2D eigenvalue weighted by atomic mass is 16.6. The van der Waals surface area contributed by atoms with E-state index in [-0.39, 0.29) is 25.3 Å². The normalized spacial score (nSPS) is 15.6. The molecule has 0 aromatic rings. The summed E-state index contributed by atoms with van der Waals surface area (Å²) in [6.07, 6.45) is 1.77. The molecule has 1 saturated heterocycles. The summed E-state index contributed by atoms with van der Waals surface area (Å²) in [6, 6.07) is 0. The summed E-state index contributed by atoms with van der Waals surface area (Å²) in [7, 11) is 0. The van der Waals surface area contributed by atoms with Crippen LogP contribution in [0.1, 0.15) is 13.3 Å². The lowest BCUT2D eigenvalue weighted by molar-refractivity contribution is -0.139. The van der Waals surface area contributed by atoms with Crippen LogP contribution in [0, 0.1) is 0 Å². The number of rotatable bonds is 7. The van der Waals surface area contributed by atoms with Crippen molar-refractivity contribution in [3.63, 3.8) is 0 Å². The van der Waals surface area contributed by atoms with Crippen molar-refractivity contribution < 1.29 is 28.9 Å². The van der Waals surface area contributed by atoms with Crippen LogP contribution in [-0.2, 0) is 23.8 Å². The molecule has 0 radical (unpaired) electrons. The zero-order valence-electron chi connectivity index (χ0n) is 11.1. The van der Waals surface area contributed by atoms with Crippen LogP contribution in [-0.4, -0.2) is 49.6 Å². The Hall–Kier alpha value is -1.66. The van der Waals surface area contributed by atoms with Crippen molar-refractivity contribution in [2.45, 2.75) is 19.4 Å². The van der Waals surface area contributed by atoms with Crippen LogP contribution in [0.25, 0.3) is 0 Å². The van der Waals surface area contributed by atoms with Gasteiger partial charge in [0.15, 0.2) is 0 Å². The maximum Gasteiger partial charge on any atom is 0.333 e. The van der Waals surface area contributed by atoms with E-state index in [1.807, 2.05) is 0 Å². The number of ether oxygens (including phenoxy) is 3. The van der Waals surface area contributed by atoms with Gasteiger partial charge in [0.05, 0.1) is 13.2 Å². The van der Waals surface area contributed by atoms with Crippen molar-refractivity contribution in [2.24, 2.45) is 0 Å². The van der Waals surface area contributed by atoms with E-state index in [0.717, 1.165) is 6.08 Å². The molecule has 1 N–H and O–H groups in total. The van der Waals surface area contributed by atoms with Gasteiger partial charge < -0.3 is 19.3 Å². The van der Waals surface area contributed by atoms with Crippen LogP contribution >= 0.6 is 0 Å². The van der Waals surface area contributed by atoms with E-state index in [1.165, 1.54) is 0 Å². The first-order valence-electron chi connectivity index (χ1n) is 5.85. The van der Waals surface area contributed by atoms with Gasteiger partial charge in [-0.25, -0.2) is 9.59 Å². The molecule has 1 fully saturated rings. The Morgan fingerprint density at radius 1 is 1.47 bits per heavy atom. The van der Waals surface area contributed by atoms with Crippen molar-refractivity contribution in [1.82, 2.24) is 0 Å². The number of epoxide rings is 1. The molecule has 1 heterocycles. The first-order valence-corrected chi connectivity index (χ1v) is 5.85. The Labute approximate surface area is 112 Å². The molecule has 6 heteroatoms. The highest BCUT2D eigenvalue weighted by Gasteiger charge is 2.23. The monoisotopic (exact) mass is 272 g/mol. The number of carbonyl (C=O) groups excluding carboxylic acids is 2. The molecule has 0 aliphatic carbocycles. The summed E-state index contributed by atoms with van der Waals surface area (Å²) in [6.45, 7) is 9.61. The average Bonchev–Trinajstić information content (AvgIpc) is 3.20. The summed E-state index contributed by atoms with van der Waals surface area (Å²) in [5.74, 6) is -0.779. The lowest BCUT2D eigenvalue weighted by Crippen LogP contribution is -2.06. The summed E-state index contributed by atoms with van der Waals surface area (Å²) >= 11 is 0. The molecular formula is C13H20O6. The van der Waals surface area contributed by atoms with E-state index in [0.29, 0.717) is 25.2 Å². The Balaban J connectivity index is 0.000000342. The molecule has 1 unspecified atom stereocenters. The molecule has 1 aliphatic heterocycles. The first-order chi connectivity index (χ1) is 9.01. The van der Waals surface area contributed by atoms with Crippen LogP contribution in [0.5, 0.6) is 0 Å². The Kier molecular flexibility index (Phi) is 9.38. The molecule has 0 amide bonds. The highest BCUT2D eigenvalue weighted by Crippen LogP contribution is 2.08. The van der Waals surface area contributed by atoms with Crippen molar-refractivity contribution >= 4 is 11.9 Å². The van der Waals surface area contributed by atoms with Crippen molar-refractivity contribution in [3.8, 4) is 0 Å². The Bertz CT molecular complexity index is 319. The molecule has 6 nitrogen and oxygen atoms in total. The third-order valence-electron chi connectivity index (χ3n) is 1.86. The number of hydrogen-bond acceptors (Lipinski definition) is 6. The predicted molar refractivity (Wildman–Crippen MR) is 68.4 cm³/mol. The quantitative estimate of drug-likeness (QED) is 0.316. The molecule has 19 heavy (non-hydrogen) atoms.